The van der Waals surface area contributed by atoms with Gasteiger partial charge in [0, 0.05) is 22.3 Å². The number of nitrogens with one attached hydrogen (secondary N) is 2. The molecule has 140 valence electrons. The average Bonchev–Trinajstić information content (AvgIpc) is 3.38. The Hall–Kier alpha value is -3.45. The van der Waals surface area contributed by atoms with Crippen molar-refractivity contribution >= 4 is 38.9 Å². The van der Waals surface area contributed by atoms with E-state index in [1.807, 2.05) is 12.1 Å². The second-order valence-electron chi connectivity index (χ2n) is 6.07. The van der Waals surface area contributed by atoms with Gasteiger partial charge in [0.05, 0.1) is 11.1 Å². The highest BCUT2D eigenvalue weighted by molar-refractivity contribution is 7.20. The molecule has 0 fully saturated rings. The Kier molecular flexibility index (Phi) is 4.90. The molecule has 2 heterocycles. The summed E-state index contributed by atoms with van der Waals surface area (Å²) in [6.07, 6.45) is 1.44. The highest BCUT2D eigenvalue weighted by Gasteiger charge is 2.12. The number of thiophene rings is 1. The third-order valence-electron chi connectivity index (χ3n) is 4.14. The van der Waals surface area contributed by atoms with E-state index in [0.29, 0.717) is 22.5 Å². The molecule has 5 nitrogen and oxygen atoms in total. The predicted octanol–water partition coefficient (Wildman–Crippen LogP) is 4.82. The average molecular weight is 394 g/mol. The lowest BCUT2D eigenvalue weighted by atomic mass is 10.2. The molecule has 2 aromatic heterocycles. The molecule has 4 aromatic rings. The summed E-state index contributed by atoms with van der Waals surface area (Å²) in [5.41, 5.74) is 1.49. The van der Waals surface area contributed by atoms with E-state index in [9.17, 15) is 14.0 Å². The first kappa shape index (κ1) is 17.9. The summed E-state index contributed by atoms with van der Waals surface area (Å²) < 4.78 is 19.6. The molecule has 0 atom stereocenters. The molecule has 0 saturated heterocycles. The van der Waals surface area contributed by atoms with Crippen LogP contribution < -0.4 is 10.6 Å². The van der Waals surface area contributed by atoms with E-state index in [-0.39, 0.29) is 23.4 Å². The molecule has 4 rings (SSSR count). The van der Waals surface area contributed by atoms with Crippen LogP contribution in [0.3, 0.4) is 0 Å². The number of benzene rings is 2. The molecule has 2 N–H and O–H groups in total. The van der Waals surface area contributed by atoms with Crippen LogP contribution in [0.1, 0.15) is 25.8 Å². The smallest absolute Gasteiger partial charge is 0.291 e. The lowest BCUT2D eigenvalue weighted by molar-refractivity contribution is 0.0954. The number of hydrogen-bond acceptors (Lipinski definition) is 4. The van der Waals surface area contributed by atoms with Crippen LogP contribution in [0.15, 0.2) is 71.3 Å². The summed E-state index contributed by atoms with van der Waals surface area (Å²) in [6.45, 7) is 0.321. The molecule has 2 amide bonds. The summed E-state index contributed by atoms with van der Waals surface area (Å²) >= 11 is 1.25. The Bertz CT molecular complexity index is 1130. The standard InChI is InChI=1S/C21H15FN2O3S/c22-16-3-1-5-18-15(16)11-19(28-18)21(26)23-12-13-6-8-14(9-7-13)24-20(25)17-4-2-10-27-17/h1-11H,12H2,(H,23,26)(H,24,25). The minimum absolute atomic E-state index is 0.233. The molecule has 0 spiro atoms. The predicted molar refractivity (Wildman–Crippen MR) is 106 cm³/mol. The number of anilines is 1. The fourth-order valence-electron chi connectivity index (χ4n) is 2.71. The topological polar surface area (TPSA) is 71.3 Å². The van der Waals surface area contributed by atoms with Gasteiger partial charge in [-0.05, 0) is 48.0 Å². The molecule has 0 aliphatic carbocycles. The van der Waals surface area contributed by atoms with Gasteiger partial charge in [0.25, 0.3) is 11.8 Å². The van der Waals surface area contributed by atoms with Crippen LogP contribution in [0.2, 0.25) is 0 Å². The van der Waals surface area contributed by atoms with Crippen molar-refractivity contribution in [2.75, 3.05) is 5.32 Å². The molecule has 0 radical (unpaired) electrons. The fourth-order valence-corrected chi connectivity index (χ4v) is 3.70. The minimum atomic E-state index is -0.333. The van der Waals surface area contributed by atoms with E-state index in [4.69, 9.17) is 4.42 Å². The van der Waals surface area contributed by atoms with Gasteiger partial charge in [-0.2, -0.15) is 0 Å². The molecule has 0 aliphatic heterocycles. The zero-order valence-corrected chi connectivity index (χ0v) is 15.4. The first-order valence-electron chi connectivity index (χ1n) is 8.50. The van der Waals surface area contributed by atoms with Crippen LogP contribution in [0.5, 0.6) is 0 Å². The lowest BCUT2D eigenvalue weighted by Gasteiger charge is -2.06. The van der Waals surface area contributed by atoms with Crippen LogP contribution in [0.25, 0.3) is 10.1 Å². The Balaban J connectivity index is 1.37. The maximum Gasteiger partial charge on any atom is 0.291 e. The highest BCUT2D eigenvalue weighted by atomic mass is 32.1. The molecule has 0 saturated carbocycles. The van der Waals surface area contributed by atoms with Crippen molar-refractivity contribution in [3.05, 3.63) is 88.9 Å². The third-order valence-corrected chi connectivity index (χ3v) is 5.24. The molecular weight excluding hydrogens is 379 g/mol. The summed E-state index contributed by atoms with van der Waals surface area (Å²) in [6, 6.07) is 16.7. The van der Waals surface area contributed by atoms with Crippen molar-refractivity contribution in [3.8, 4) is 0 Å². The summed E-state index contributed by atoms with van der Waals surface area (Å²) in [5.74, 6) is -0.685. The van der Waals surface area contributed by atoms with E-state index < -0.39 is 0 Å². The third kappa shape index (κ3) is 3.79. The number of furan rings is 1. The summed E-state index contributed by atoms with van der Waals surface area (Å²) in [7, 11) is 0. The molecule has 2 aromatic carbocycles. The van der Waals surface area contributed by atoms with Crippen LogP contribution in [0, 0.1) is 5.82 Å². The Morgan fingerprint density at radius 3 is 2.54 bits per heavy atom. The zero-order chi connectivity index (χ0) is 19.5. The number of fused-ring (bicyclic) bond motifs is 1. The van der Waals surface area contributed by atoms with E-state index in [2.05, 4.69) is 10.6 Å². The molecular formula is C21H15FN2O3S. The normalized spacial score (nSPS) is 10.8. The molecule has 28 heavy (non-hydrogen) atoms. The second-order valence-corrected chi connectivity index (χ2v) is 7.16. The van der Waals surface area contributed by atoms with Crippen molar-refractivity contribution < 1.29 is 18.4 Å². The quantitative estimate of drug-likeness (QED) is 0.510. The number of rotatable bonds is 5. The van der Waals surface area contributed by atoms with E-state index in [1.165, 1.54) is 23.7 Å². The minimum Gasteiger partial charge on any atom is -0.459 e. The van der Waals surface area contributed by atoms with Crippen molar-refractivity contribution in [2.24, 2.45) is 0 Å². The van der Waals surface area contributed by atoms with Crippen LogP contribution in [-0.4, -0.2) is 11.8 Å². The van der Waals surface area contributed by atoms with E-state index in [1.54, 1.807) is 42.5 Å². The van der Waals surface area contributed by atoms with Gasteiger partial charge in [-0.1, -0.05) is 18.2 Å². The van der Waals surface area contributed by atoms with Crippen molar-refractivity contribution in [2.45, 2.75) is 6.54 Å². The van der Waals surface area contributed by atoms with Crippen LogP contribution >= 0.6 is 11.3 Å². The van der Waals surface area contributed by atoms with Crippen LogP contribution in [0.4, 0.5) is 10.1 Å². The van der Waals surface area contributed by atoms with Crippen LogP contribution in [-0.2, 0) is 6.54 Å². The van der Waals surface area contributed by atoms with Gasteiger partial charge in [-0.3, -0.25) is 9.59 Å². The lowest BCUT2D eigenvalue weighted by Crippen LogP contribution is -2.21. The maximum absolute atomic E-state index is 13.8. The first-order chi connectivity index (χ1) is 13.6. The number of amides is 2. The van der Waals surface area contributed by atoms with Gasteiger partial charge < -0.3 is 15.1 Å². The molecule has 0 unspecified atom stereocenters. The van der Waals surface area contributed by atoms with Gasteiger partial charge in [0.15, 0.2) is 5.76 Å². The van der Waals surface area contributed by atoms with Gasteiger partial charge in [-0.15, -0.1) is 11.3 Å². The van der Waals surface area contributed by atoms with Gasteiger partial charge in [-0.25, -0.2) is 4.39 Å². The Morgan fingerprint density at radius 1 is 1.00 bits per heavy atom. The van der Waals surface area contributed by atoms with Crippen molar-refractivity contribution in [3.63, 3.8) is 0 Å². The fraction of sp³-hybridized carbons (Fsp3) is 0.0476. The summed E-state index contributed by atoms with van der Waals surface area (Å²) in [5, 5.41) is 6.01. The molecule has 7 heteroatoms. The number of hydrogen-bond donors (Lipinski definition) is 2. The van der Waals surface area contributed by atoms with Gasteiger partial charge >= 0.3 is 0 Å². The zero-order valence-electron chi connectivity index (χ0n) is 14.6. The highest BCUT2D eigenvalue weighted by Crippen LogP contribution is 2.27. The summed E-state index contributed by atoms with van der Waals surface area (Å²) in [4.78, 5) is 24.8. The number of carbonyl (C=O) groups excluding carboxylic acids is 2. The van der Waals surface area contributed by atoms with E-state index >= 15 is 0 Å². The van der Waals surface area contributed by atoms with E-state index in [0.717, 1.165) is 10.3 Å². The first-order valence-corrected chi connectivity index (χ1v) is 9.32. The maximum atomic E-state index is 13.8. The SMILES string of the molecule is O=C(Nc1ccc(CNC(=O)c2cc3c(F)cccc3s2)cc1)c1ccco1. The molecule has 0 bridgehead atoms. The van der Waals surface area contributed by atoms with Crippen molar-refractivity contribution in [1.29, 1.82) is 0 Å². The number of carbonyl (C=O) groups is 2. The molecule has 0 aliphatic rings. The Labute approximate surface area is 163 Å². The van der Waals surface area contributed by atoms with Crippen molar-refractivity contribution in [1.82, 2.24) is 5.32 Å². The number of halogens is 1. The largest absolute Gasteiger partial charge is 0.459 e. The monoisotopic (exact) mass is 394 g/mol. The van der Waals surface area contributed by atoms with Gasteiger partial charge in [0.1, 0.15) is 5.82 Å². The second kappa shape index (κ2) is 7.66. The van der Waals surface area contributed by atoms with Gasteiger partial charge in [0.2, 0.25) is 0 Å². The Morgan fingerprint density at radius 2 is 1.82 bits per heavy atom.